The lowest BCUT2D eigenvalue weighted by molar-refractivity contribution is -0.123. The molecule has 0 spiro atoms. The zero-order valence-electron chi connectivity index (χ0n) is 13.7. The van der Waals surface area contributed by atoms with Crippen LogP contribution in [0.25, 0.3) is 0 Å². The summed E-state index contributed by atoms with van der Waals surface area (Å²) in [6, 6.07) is 5.67. The molecule has 1 unspecified atom stereocenters. The van der Waals surface area contributed by atoms with Gasteiger partial charge in [0, 0.05) is 14.1 Å². The fraction of sp³-hybridized carbons (Fsp3) is 0.533. The first-order valence-electron chi connectivity index (χ1n) is 7.15. The molecule has 3 N–H and O–H groups in total. The van der Waals surface area contributed by atoms with Crippen LogP contribution < -0.4 is 11.1 Å². The SMILES string of the molecule is CC(NC(=O)[C@@H](N)C(C)C)c1ccc(S(=O)(=O)N(C)C)cc1. The average molecular weight is 327 g/mol. The fourth-order valence-electron chi connectivity index (χ4n) is 1.83. The number of nitrogens with zero attached hydrogens (tertiary/aromatic N) is 1. The Morgan fingerprint density at radius 1 is 1.14 bits per heavy atom. The monoisotopic (exact) mass is 327 g/mol. The van der Waals surface area contributed by atoms with Crippen molar-refractivity contribution in [1.29, 1.82) is 0 Å². The van der Waals surface area contributed by atoms with Crippen LogP contribution in [0.1, 0.15) is 32.4 Å². The van der Waals surface area contributed by atoms with E-state index in [1.807, 2.05) is 20.8 Å². The third-order valence-electron chi connectivity index (χ3n) is 3.54. The number of carbonyl (C=O) groups is 1. The van der Waals surface area contributed by atoms with Crippen molar-refractivity contribution >= 4 is 15.9 Å². The normalized spacial score (nSPS) is 14.9. The molecule has 0 saturated carbocycles. The minimum atomic E-state index is -3.44. The number of nitrogens with two attached hydrogens (primary N) is 1. The summed E-state index contributed by atoms with van der Waals surface area (Å²) in [6.45, 7) is 5.60. The standard InChI is InChI=1S/C15H25N3O3S/c1-10(2)14(16)15(19)17-11(3)12-6-8-13(9-7-12)22(20,21)18(4)5/h6-11,14H,16H2,1-5H3,(H,17,19)/t11?,14-/m0/s1. The largest absolute Gasteiger partial charge is 0.348 e. The Hall–Kier alpha value is -1.44. The van der Waals surface area contributed by atoms with E-state index in [0.717, 1.165) is 9.87 Å². The Morgan fingerprint density at radius 3 is 2.05 bits per heavy atom. The Labute approximate surface area is 132 Å². The molecule has 0 radical (unpaired) electrons. The molecule has 1 amide bonds. The molecule has 0 aromatic heterocycles. The van der Waals surface area contributed by atoms with E-state index in [4.69, 9.17) is 5.73 Å². The summed E-state index contributed by atoms with van der Waals surface area (Å²) in [4.78, 5) is 12.2. The lowest BCUT2D eigenvalue weighted by Crippen LogP contribution is -2.44. The zero-order valence-corrected chi connectivity index (χ0v) is 14.5. The zero-order chi connectivity index (χ0) is 17.1. The quantitative estimate of drug-likeness (QED) is 0.818. The van der Waals surface area contributed by atoms with Crippen molar-refractivity contribution in [3.8, 4) is 0 Å². The van der Waals surface area contributed by atoms with Gasteiger partial charge in [-0.1, -0.05) is 26.0 Å². The minimum Gasteiger partial charge on any atom is -0.348 e. The predicted molar refractivity (Wildman–Crippen MR) is 86.7 cm³/mol. The molecule has 22 heavy (non-hydrogen) atoms. The van der Waals surface area contributed by atoms with Crippen molar-refractivity contribution in [2.45, 2.75) is 37.8 Å². The molecule has 0 heterocycles. The molecule has 0 aliphatic carbocycles. The highest BCUT2D eigenvalue weighted by Gasteiger charge is 2.20. The molecule has 2 atom stereocenters. The predicted octanol–water partition coefficient (Wildman–Crippen LogP) is 1.10. The number of carbonyl (C=O) groups excluding carboxylic acids is 1. The molecule has 0 saturated heterocycles. The Kier molecular flexibility index (Phi) is 6.10. The maximum Gasteiger partial charge on any atom is 0.242 e. The highest BCUT2D eigenvalue weighted by molar-refractivity contribution is 7.89. The van der Waals surface area contributed by atoms with E-state index in [1.54, 1.807) is 12.1 Å². The second-order valence-electron chi connectivity index (χ2n) is 5.86. The number of rotatable bonds is 6. The van der Waals surface area contributed by atoms with Crippen LogP contribution in [0.2, 0.25) is 0 Å². The number of benzene rings is 1. The number of amides is 1. The molecule has 0 fully saturated rings. The van der Waals surface area contributed by atoms with Crippen LogP contribution in [-0.4, -0.2) is 38.8 Å². The van der Waals surface area contributed by atoms with Crippen molar-refractivity contribution in [1.82, 2.24) is 9.62 Å². The Balaban J connectivity index is 2.85. The average Bonchev–Trinajstić information content (AvgIpc) is 2.46. The molecule has 7 heteroatoms. The van der Waals surface area contributed by atoms with Gasteiger partial charge in [-0.3, -0.25) is 4.79 Å². The van der Waals surface area contributed by atoms with Gasteiger partial charge in [-0.05, 0) is 30.5 Å². The molecule has 1 aromatic carbocycles. The number of nitrogens with one attached hydrogen (secondary N) is 1. The summed E-state index contributed by atoms with van der Waals surface area (Å²) in [6.07, 6.45) is 0. The van der Waals surface area contributed by atoms with Gasteiger partial charge in [0.05, 0.1) is 17.0 Å². The molecule has 6 nitrogen and oxygen atoms in total. The van der Waals surface area contributed by atoms with Crippen molar-refractivity contribution in [3.63, 3.8) is 0 Å². The Bertz CT molecular complexity index is 609. The molecular weight excluding hydrogens is 302 g/mol. The van der Waals surface area contributed by atoms with Gasteiger partial charge in [-0.2, -0.15) is 0 Å². The summed E-state index contributed by atoms with van der Waals surface area (Å²) in [7, 11) is -0.470. The van der Waals surface area contributed by atoms with Gasteiger partial charge in [-0.15, -0.1) is 0 Å². The highest BCUT2D eigenvalue weighted by Crippen LogP contribution is 2.18. The first kappa shape index (κ1) is 18.6. The molecule has 0 aliphatic heterocycles. The van der Waals surface area contributed by atoms with E-state index in [-0.39, 0.29) is 22.8 Å². The van der Waals surface area contributed by atoms with Gasteiger partial charge in [-0.25, -0.2) is 12.7 Å². The lowest BCUT2D eigenvalue weighted by Gasteiger charge is -2.20. The molecule has 1 aromatic rings. The fourth-order valence-corrected chi connectivity index (χ4v) is 2.74. The first-order chi connectivity index (χ1) is 10.1. The van der Waals surface area contributed by atoms with E-state index in [1.165, 1.54) is 26.2 Å². The summed E-state index contributed by atoms with van der Waals surface area (Å²) in [5.74, 6) is -0.160. The van der Waals surface area contributed by atoms with Crippen LogP contribution in [0.3, 0.4) is 0 Å². The van der Waals surface area contributed by atoms with Gasteiger partial charge < -0.3 is 11.1 Å². The van der Waals surface area contributed by atoms with E-state index >= 15 is 0 Å². The van der Waals surface area contributed by atoms with Crippen molar-refractivity contribution < 1.29 is 13.2 Å². The summed E-state index contributed by atoms with van der Waals surface area (Å²) < 4.78 is 25.2. The lowest BCUT2D eigenvalue weighted by atomic mass is 10.0. The minimum absolute atomic E-state index is 0.0554. The summed E-state index contributed by atoms with van der Waals surface area (Å²) in [5, 5.41) is 2.83. The van der Waals surface area contributed by atoms with E-state index < -0.39 is 16.1 Å². The second kappa shape index (κ2) is 7.21. The molecule has 0 bridgehead atoms. The Morgan fingerprint density at radius 2 is 1.64 bits per heavy atom. The van der Waals surface area contributed by atoms with Gasteiger partial charge in [0.15, 0.2) is 0 Å². The summed E-state index contributed by atoms with van der Waals surface area (Å²) >= 11 is 0. The maximum atomic E-state index is 12.0. The van der Waals surface area contributed by atoms with Crippen LogP contribution in [0.5, 0.6) is 0 Å². The molecule has 0 aliphatic rings. The van der Waals surface area contributed by atoms with Crippen LogP contribution in [0.15, 0.2) is 29.2 Å². The number of hydrogen-bond donors (Lipinski definition) is 2. The summed E-state index contributed by atoms with van der Waals surface area (Å²) in [5.41, 5.74) is 6.63. The molecule has 1 rings (SSSR count). The van der Waals surface area contributed by atoms with Gasteiger partial charge >= 0.3 is 0 Å². The highest BCUT2D eigenvalue weighted by atomic mass is 32.2. The van der Waals surface area contributed by atoms with Gasteiger partial charge in [0.1, 0.15) is 0 Å². The van der Waals surface area contributed by atoms with Crippen LogP contribution >= 0.6 is 0 Å². The smallest absolute Gasteiger partial charge is 0.242 e. The first-order valence-corrected chi connectivity index (χ1v) is 8.59. The van der Waals surface area contributed by atoms with E-state index in [2.05, 4.69) is 5.32 Å². The third kappa shape index (κ3) is 4.28. The number of hydrogen-bond acceptors (Lipinski definition) is 4. The van der Waals surface area contributed by atoms with Crippen molar-refractivity contribution in [2.75, 3.05) is 14.1 Å². The van der Waals surface area contributed by atoms with Crippen LogP contribution in [0, 0.1) is 5.92 Å². The third-order valence-corrected chi connectivity index (χ3v) is 5.37. The van der Waals surface area contributed by atoms with E-state index in [9.17, 15) is 13.2 Å². The van der Waals surface area contributed by atoms with Crippen LogP contribution in [0.4, 0.5) is 0 Å². The number of sulfonamides is 1. The topological polar surface area (TPSA) is 92.5 Å². The van der Waals surface area contributed by atoms with E-state index in [0.29, 0.717) is 0 Å². The van der Waals surface area contributed by atoms with Crippen LogP contribution in [-0.2, 0) is 14.8 Å². The second-order valence-corrected chi connectivity index (χ2v) is 8.01. The van der Waals surface area contributed by atoms with Gasteiger partial charge in [0.2, 0.25) is 15.9 Å². The van der Waals surface area contributed by atoms with Gasteiger partial charge in [0.25, 0.3) is 0 Å². The molecule has 124 valence electrons. The van der Waals surface area contributed by atoms with Crippen molar-refractivity contribution in [2.24, 2.45) is 11.7 Å². The molecular formula is C15H25N3O3S. The van der Waals surface area contributed by atoms with Crippen molar-refractivity contribution in [3.05, 3.63) is 29.8 Å². The maximum absolute atomic E-state index is 12.0.